The number of anilines is 1. The molecular weight excluding hydrogens is 504 g/mol. The van der Waals surface area contributed by atoms with E-state index in [1.807, 2.05) is 30.3 Å². The van der Waals surface area contributed by atoms with Crippen LogP contribution in [0.1, 0.15) is 30.1 Å². The first-order chi connectivity index (χ1) is 18.7. The summed E-state index contributed by atoms with van der Waals surface area (Å²) >= 11 is 0. The molecule has 0 aliphatic heterocycles. The fraction of sp³-hybridized carbons (Fsp3) is 0.231. The molecule has 1 atom stereocenters. The van der Waals surface area contributed by atoms with Crippen molar-refractivity contribution in [1.29, 1.82) is 0 Å². The Labute approximate surface area is 220 Å². The van der Waals surface area contributed by atoms with Crippen molar-refractivity contribution in [2.45, 2.75) is 31.8 Å². The molecule has 200 valence electrons. The first kappa shape index (κ1) is 25.6. The molecule has 1 amide bonds. The molecule has 5 aromatic rings. The highest BCUT2D eigenvalue weighted by atomic mass is 16.4. The van der Waals surface area contributed by atoms with Crippen LogP contribution in [-0.4, -0.2) is 52.1 Å². The van der Waals surface area contributed by atoms with E-state index < -0.39 is 23.3 Å². The fourth-order valence-corrected chi connectivity index (χ4v) is 4.36. The number of rotatable bonds is 9. The van der Waals surface area contributed by atoms with Crippen LogP contribution in [-0.2, 0) is 29.6 Å². The summed E-state index contributed by atoms with van der Waals surface area (Å²) in [6.07, 6.45) is 0.244. The minimum Gasteiger partial charge on any atom is -0.480 e. The van der Waals surface area contributed by atoms with Crippen LogP contribution in [0.25, 0.3) is 22.2 Å². The predicted molar refractivity (Wildman–Crippen MR) is 144 cm³/mol. The molecule has 0 fully saturated rings. The highest BCUT2D eigenvalue weighted by Crippen LogP contribution is 2.21. The Hall–Kier alpha value is -5.04. The number of nitrogens with zero attached hydrogens (tertiary/aromatic N) is 4. The van der Waals surface area contributed by atoms with Gasteiger partial charge in [0.1, 0.15) is 17.7 Å². The molecule has 2 aromatic carbocycles. The van der Waals surface area contributed by atoms with Gasteiger partial charge in [-0.1, -0.05) is 30.3 Å². The Bertz CT molecular complexity index is 1820. The number of nitrogens with one attached hydrogen (secondary N) is 3. The summed E-state index contributed by atoms with van der Waals surface area (Å²) in [5.74, 6) is -0.385. The summed E-state index contributed by atoms with van der Waals surface area (Å²) in [5, 5.41) is 11.6. The molecular formula is C26H26N8O5. The van der Waals surface area contributed by atoms with E-state index in [1.54, 1.807) is 29.8 Å². The molecule has 39 heavy (non-hydrogen) atoms. The van der Waals surface area contributed by atoms with Crippen LogP contribution in [0.2, 0.25) is 0 Å². The summed E-state index contributed by atoms with van der Waals surface area (Å²) < 4.78 is 3.09. The van der Waals surface area contributed by atoms with Crippen molar-refractivity contribution in [3.05, 3.63) is 86.6 Å². The molecule has 0 radical (unpaired) electrons. The number of benzene rings is 2. The molecule has 0 saturated heterocycles. The topological polar surface area (TPSA) is 194 Å². The van der Waals surface area contributed by atoms with Gasteiger partial charge in [0, 0.05) is 25.7 Å². The Kier molecular flexibility index (Phi) is 6.81. The predicted octanol–water partition coefficient (Wildman–Crippen LogP) is 1.07. The molecule has 0 unspecified atom stereocenters. The average molecular weight is 531 g/mol. The lowest BCUT2D eigenvalue weighted by Gasteiger charge is -2.08. The van der Waals surface area contributed by atoms with Crippen molar-refractivity contribution in [1.82, 2.24) is 29.1 Å². The second-order valence-electron chi connectivity index (χ2n) is 9.21. The number of aromatic nitrogens is 6. The van der Waals surface area contributed by atoms with E-state index in [2.05, 4.69) is 25.3 Å². The Balaban J connectivity index is 1.44. The van der Waals surface area contributed by atoms with Gasteiger partial charge in [-0.05, 0) is 30.2 Å². The van der Waals surface area contributed by atoms with Crippen LogP contribution < -0.4 is 22.3 Å². The average Bonchev–Trinajstić information content (AvgIpc) is 3.47. The van der Waals surface area contributed by atoms with E-state index in [0.717, 1.165) is 5.56 Å². The Morgan fingerprint density at radius 1 is 1.10 bits per heavy atom. The Morgan fingerprint density at radius 3 is 2.62 bits per heavy atom. The van der Waals surface area contributed by atoms with Crippen LogP contribution in [0, 0.1) is 0 Å². The van der Waals surface area contributed by atoms with Crippen molar-refractivity contribution in [2.75, 3.05) is 5.32 Å². The molecule has 6 N–H and O–H groups in total. The monoisotopic (exact) mass is 530 g/mol. The number of nitrogens with two attached hydrogens (primary N) is 1. The number of hydrogen-bond acceptors (Lipinski definition) is 7. The molecule has 13 nitrogen and oxygen atoms in total. The molecule has 0 aliphatic carbocycles. The number of fused-ring (bicyclic) bond motifs is 2. The maximum Gasteiger partial charge on any atom is 0.329 e. The van der Waals surface area contributed by atoms with Crippen molar-refractivity contribution in [3.8, 4) is 0 Å². The molecule has 5 rings (SSSR count). The van der Waals surface area contributed by atoms with Crippen LogP contribution in [0.15, 0.2) is 58.1 Å². The number of carboxylic acids is 1. The maximum atomic E-state index is 12.8. The molecule has 0 aliphatic rings. The number of H-pyrrole nitrogens is 2. The number of carbonyl (C=O) groups excluding carboxylic acids is 1. The third-order valence-corrected chi connectivity index (χ3v) is 6.41. The number of carbonyl (C=O) groups is 2. The number of aliphatic carboxylic acids is 1. The molecule has 0 spiro atoms. The third kappa shape index (κ3) is 5.33. The van der Waals surface area contributed by atoms with Crippen molar-refractivity contribution < 1.29 is 14.7 Å². The van der Waals surface area contributed by atoms with E-state index >= 15 is 0 Å². The van der Waals surface area contributed by atoms with Gasteiger partial charge in [0.2, 0.25) is 5.91 Å². The molecule has 0 saturated carbocycles. The van der Waals surface area contributed by atoms with E-state index in [4.69, 9.17) is 10.8 Å². The van der Waals surface area contributed by atoms with Gasteiger partial charge in [-0.25, -0.2) is 14.8 Å². The van der Waals surface area contributed by atoms with Crippen LogP contribution in [0.4, 0.5) is 5.69 Å². The summed E-state index contributed by atoms with van der Waals surface area (Å²) in [6, 6.07) is 13.7. The third-order valence-electron chi connectivity index (χ3n) is 6.41. The molecule has 3 heterocycles. The lowest BCUT2D eigenvalue weighted by atomic mass is 10.1. The molecule has 13 heteroatoms. The highest BCUT2D eigenvalue weighted by Gasteiger charge is 2.19. The van der Waals surface area contributed by atoms with E-state index in [9.17, 15) is 19.2 Å². The van der Waals surface area contributed by atoms with Gasteiger partial charge < -0.3 is 25.7 Å². The standard InChI is InChI=1S/C26H26N8O5/c1-33-23-22(24(36)32-26(33)39)34(13-14-5-3-2-4-6-14)20(31-23)12-19-29-17-9-7-15(11-18(17)30-19)28-21(35)10-8-16(27)25(37)38/h2-7,9,11,16H,8,10,12-13,27H2,1H3,(H,28,35)(H,29,30)(H,37,38)(H,32,36,39)/t16-/m0/s1. The van der Waals surface area contributed by atoms with Crippen molar-refractivity contribution in [3.63, 3.8) is 0 Å². The van der Waals surface area contributed by atoms with Gasteiger partial charge in [0.25, 0.3) is 5.56 Å². The summed E-state index contributed by atoms with van der Waals surface area (Å²) in [4.78, 5) is 62.9. The van der Waals surface area contributed by atoms with Gasteiger partial charge in [0.05, 0.1) is 17.5 Å². The second-order valence-corrected chi connectivity index (χ2v) is 9.21. The normalized spacial score (nSPS) is 12.2. The van der Waals surface area contributed by atoms with Crippen LogP contribution in [0.3, 0.4) is 0 Å². The fourth-order valence-electron chi connectivity index (χ4n) is 4.36. The SMILES string of the molecule is Cn1c(=O)[nH]c(=O)c2c1nc(Cc1nc3ccc(NC(=O)CC[C@H](N)C(=O)O)cc3[nH]1)n2Cc1ccccc1. The van der Waals surface area contributed by atoms with Crippen LogP contribution >= 0.6 is 0 Å². The number of aryl methyl sites for hydroxylation is 1. The van der Waals surface area contributed by atoms with E-state index in [1.165, 1.54) is 4.57 Å². The van der Waals surface area contributed by atoms with E-state index in [0.29, 0.717) is 40.4 Å². The highest BCUT2D eigenvalue weighted by molar-refractivity contribution is 5.93. The zero-order valence-corrected chi connectivity index (χ0v) is 21.0. The number of carboxylic acid groups (broad SMARTS) is 1. The van der Waals surface area contributed by atoms with Gasteiger partial charge in [-0.2, -0.15) is 0 Å². The smallest absolute Gasteiger partial charge is 0.329 e. The summed E-state index contributed by atoms with van der Waals surface area (Å²) in [5.41, 5.74) is 7.77. The van der Waals surface area contributed by atoms with Gasteiger partial charge in [-0.15, -0.1) is 0 Å². The summed E-state index contributed by atoms with van der Waals surface area (Å²) in [7, 11) is 1.55. The largest absolute Gasteiger partial charge is 0.480 e. The van der Waals surface area contributed by atoms with Gasteiger partial charge >= 0.3 is 11.7 Å². The first-order valence-electron chi connectivity index (χ1n) is 12.2. The quantitative estimate of drug-likeness (QED) is 0.187. The zero-order valence-electron chi connectivity index (χ0n) is 21.0. The first-order valence-corrected chi connectivity index (χ1v) is 12.2. The number of hydrogen-bond donors (Lipinski definition) is 5. The van der Waals surface area contributed by atoms with Crippen molar-refractivity contribution >= 4 is 39.8 Å². The lowest BCUT2D eigenvalue weighted by Crippen LogP contribution is -2.31. The minimum atomic E-state index is -1.15. The molecule has 3 aromatic heterocycles. The number of amides is 1. The second kappa shape index (κ2) is 10.4. The minimum absolute atomic E-state index is 0.0238. The van der Waals surface area contributed by atoms with Gasteiger partial charge in [-0.3, -0.25) is 23.9 Å². The van der Waals surface area contributed by atoms with E-state index in [-0.39, 0.29) is 30.8 Å². The lowest BCUT2D eigenvalue weighted by molar-refractivity contribution is -0.138. The maximum absolute atomic E-state index is 12.8. The van der Waals surface area contributed by atoms with Crippen LogP contribution in [0.5, 0.6) is 0 Å². The number of imidazole rings is 2. The zero-order chi connectivity index (χ0) is 27.7. The van der Waals surface area contributed by atoms with Gasteiger partial charge in [0.15, 0.2) is 11.2 Å². The Morgan fingerprint density at radius 2 is 1.87 bits per heavy atom. The summed E-state index contributed by atoms with van der Waals surface area (Å²) in [6.45, 7) is 0.371. The van der Waals surface area contributed by atoms with Crippen molar-refractivity contribution in [2.24, 2.45) is 12.8 Å². The molecule has 0 bridgehead atoms. The number of aromatic amines is 2.